The average molecular weight is 400 g/mol. The molecular formula is C22H20N6O2. The van der Waals surface area contributed by atoms with Crippen molar-refractivity contribution in [2.45, 2.75) is 6.54 Å². The first kappa shape index (κ1) is 19.1. The maximum atomic E-state index is 12.1. The number of aromatic nitrogens is 4. The van der Waals surface area contributed by atoms with Crippen LogP contribution < -0.4 is 10.6 Å². The number of fused-ring (bicyclic) bond motifs is 1. The molecule has 0 fully saturated rings. The molecule has 30 heavy (non-hydrogen) atoms. The van der Waals surface area contributed by atoms with Crippen LogP contribution in [0.25, 0.3) is 11.7 Å². The number of amides is 2. The van der Waals surface area contributed by atoms with E-state index in [9.17, 15) is 9.59 Å². The summed E-state index contributed by atoms with van der Waals surface area (Å²) in [5.41, 5.74) is 3.19. The van der Waals surface area contributed by atoms with Gasteiger partial charge < -0.3 is 15.0 Å². The second-order valence-electron chi connectivity index (χ2n) is 6.63. The summed E-state index contributed by atoms with van der Waals surface area (Å²) >= 11 is 0. The van der Waals surface area contributed by atoms with E-state index in [4.69, 9.17) is 0 Å². The van der Waals surface area contributed by atoms with Crippen molar-refractivity contribution in [3.8, 4) is 0 Å². The number of benzene rings is 1. The molecule has 0 aliphatic heterocycles. The van der Waals surface area contributed by atoms with Crippen molar-refractivity contribution in [3.05, 3.63) is 90.7 Å². The molecular weight excluding hydrogens is 380 g/mol. The first-order chi connectivity index (χ1) is 14.7. The van der Waals surface area contributed by atoms with Crippen LogP contribution in [0.15, 0.2) is 79.4 Å². The summed E-state index contributed by atoms with van der Waals surface area (Å²) < 4.78 is 3.63. The fourth-order valence-electron chi connectivity index (χ4n) is 2.91. The molecule has 0 radical (unpaired) electrons. The molecule has 0 bridgehead atoms. The number of nitrogens with zero attached hydrogens (tertiary/aromatic N) is 4. The lowest BCUT2D eigenvalue weighted by Crippen LogP contribution is -2.31. The van der Waals surface area contributed by atoms with Gasteiger partial charge in [0.1, 0.15) is 5.65 Å². The lowest BCUT2D eigenvalue weighted by molar-refractivity contribution is -0.121. The Morgan fingerprint density at radius 1 is 1.03 bits per heavy atom. The van der Waals surface area contributed by atoms with Gasteiger partial charge >= 0.3 is 0 Å². The van der Waals surface area contributed by atoms with E-state index in [0.717, 1.165) is 16.9 Å². The maximum absolute atomic E-state index is 12.1. The highest BCUT2D eigenvalue weighted by atomic mass is 16.2. The topological polar surface area (TPSA) is 93.3 Å². The van der Waals surface area contributed by atoms with Crippen molar-refractivity contribution < 1.29 is 9.59 Å². The molecule has 3 aromatic heterocycles. The number of hydrogen-bond donors (Lipinski definition) is 2. The van der Waals surface area contributed by atoms with Crippen molar-refractivity contribution >= 4 is 29.2 Å². The van der Waals surface area contributed by atoms with Gasteiger partial charge in [-0.15, -0.1) is 0 Å². The second kappa shape index (κ2) is 8.87. The van der Waals surface area contributed by atoms with Gasteiger partial charge in [0.25, 0.3) is 0 Å². The van der Waals surface area contributed by atoms with Crippen molar-refractivity contribution in [2.75, 3.05) is 11.9 Å². The van der Waals surface area contributed by atoms with Crippen LogP contribution in [-0.2, 0) is 16.1 Å². The second-order valence-corrected chi connectivity index (χ2v) is 6.63. The Morgan fingerprint density at radius 2 is 1.87 bits per heavy atom. The molecule has 0 aliphatic carbocycles. The number of imidazole rings is 1. The van der Waals surface area contributed by atoms with E-state index in [-0.39, 0.29) is 18.4 Å². The molecule has 0 aliphatic rings. The molecule has 2 N–H and O–H groups in total. The predicted octanol–water partition coefficient (Wildman–Crippen LogP) is 2.35. The molecule has 0 spiro atoms. The number of anilines is 1. The number of nitrogens with one attached hydrogen (secondary N) is 2. The third-order valence-corrected chi connectivity index (χ3v) is 4.30. The summed E-state index contributed by atoms with van der Waals surface area (Å²) in [5.74, 6) is -0.666. The average Bonchev–Trinajstić information content (AvgIpc) is 3.37. The quantitative estimate of drug-likeness (QED) is 0.466. The van der Waals surface area contributed by atoms with Crippen molar-refractivity contribution in [1.82, 2.24) is 24.5 Å². The van der Waals surface area contributed by atoms with Gasteiger partial charge in [-0.25, -0.2) is 4.98 Å². The molecule has 0 unspecified atom stereocenters. The Balaban J connectivity index is 1.26. The molecule has 3 heterocycles. The van der Waals surface area contributed by atoms with E-state index >= 15 is 0 Å². The lowest BCUT2D eigenvalue weighted by atomic mass is 10.2. The van der Waals surface area contributed by atoms with Gasteiger partial charge in [-0.05, 0) is 23.8 Å². The first-order valence-electron chi connectivity index (χ1n) is 9.41. The normalized spacial score (nSPS) is 11.1. The van der Waals surface area contributed by atoms with Crippen LogP contribution in [-0.4, -0.2) is 37.5 Å². The van der Waals surface area contributed by atoms with E-state index in [2.05, 4.69) is 20.7 Å². The minimum absolute atomic E-state index is 0.129. The van der Waals surface area contributed by atoms with Gasteiger partial charge in [0.15, 0.2) is 0 Å². The zero-order valence-corrected chi connectivity index (χ0v) is 16.1. The molecule has 1 aromatic carbocycles. The molecule has 4 rings (SSSR count). The minimum Gasteiger partial charge on any atom is -0.343 e. The van der Waals surface area contributed by atoms with Crippen molar-refractivity contribution in [1.29, 1.82) is 0 Å². The number of hydrogen-bond acceptors (Lipinski definition) is 4. The van der Waals surface area contributed by atoms with E-state index in [0.29, 0.717) is 12.2 Å². The van der Waals surface area contributed by atoms with E-state index in [1.54, 1.807) is 23.2 Å². The van der Waals surface area contributed by atoms with Crippen LogP contribution in [0.3, 0.4) is 0 Å². The fraction of sp³-hybridized carbons (Fsp3) is 0.0909. The maximum Gasteiger partial charge on any atom is 0.244 e. The Bertz CT molecular complexity index is 1160. The highest BCUT2D eigenvalue weighted by Crippen LogP contribution is 2.09. The molecule has 4 aromatic rings. The standard InChI is InChI=1S/C22H20N6O2/c29-21(10-9-17-6-2-1-3-7-17)23-13-22(30)26-18-12-24-28(15-18)16-19-14-27-11-5-4-8-20(27)25-19/h1-12,14-15H,13,16H2,(H,23,29)(H,26,30)/b10-9+. The van der Waals surface area contributed by atoms with Gasteiger partial charge in [0.05, 0.1) is 30.7 Å². The number of carbonyl (C=O) groups excluding carboxylic acids is 2. The molecule has 150 valence electrons. The van der Waals surface area contributed by atoms with Gasteiger partial charge in [-0.1, -0.05) is 36.4 Å². The largest absolute Gasteiger partial charge is 0.343 e. The van der Waals surface area contributed by atoms with Crippen molar-refractivity contribution in [2.24, 2.45) is 0 Å². The van der Waals surface area contributed by atoms with E-state index in [1.165, 1.54) is 6.08 Å². The van der Waals surface area contributed by atoms with Gasteiger partial charge in [-0.2, -0.15) is 5.10 Å². The van der Waals surface area contributed by atoms with E-state index in [1.807, 2.05) is 65.3 Å². The Morgan fingerprint density at radius 3 is 2.70 bits per heavy atom. The number of carbonyl (C=O) groups is 2. The summed E-state index contributed by atoms with van der Waals surface area (Å²) in [7, 11) is 0. The number of pyridine rings is 1. The molecule has 8 nitrogen and oxygen atoms in total. The molecule has 8 heteroatoms. The van der Waals surface area contributed by atoms with Gasteiger partial charge in [0.2, 0.25) is 11.8 Å². The lowest BCUT2D eigenvalue weighted by Gasteiger charge is -2.03. The summed E-state index contributed by atoms with van der Waals surface area (Å²) in [6, 6.07) is 15.3. The SMILES string of the molecule is O=C(/C=C/c1ccccc1)NCC(=O)Nc1cnn(Cc2cn3ccccc3n2)c1. The minimum atomic E-state index is -0.337. The number of rotatable bonds is 7. The van der Waals surface area contributed by atoms with Crippen LogP contribution in [0, 0.1) is 0 Å². The molecule has 0 saturated carbocycles. The van der Waals surface area contributed by atoms with Crippen LogP contribution in [0.1, 0.15) is 11.3 Å². The summed E-state index contributed by atoms with van der Waals surface area (Å²) in [6.45, 7) is 0.355. The molecule has 0 saturated heterocycles. The van der Waals surface area contributed by atoms with Gasteiger partial charge in [-0.3, -0.25) is 14.3 Å². The summed E-state index contributed by atoms with van der Waals surface area (Å²) in [6.07, 6.45) is 10.2. The van der Waals surface area contributed by atoms with Gasteiger partial charge in [0, 0.05) is 24.7 Å². The zero-order valence-electron chi connectivity index (χ0n) is 16.1. The van der Waals surface area contributed by atoms with Crippen LogP contribution >= 0.6 is 0 Å². The third kappa shape index (κ3) is 4.99. The molecule has 0 atom stereocenters. The zero-order chi connectivity index (χ0) is 20.8. The van der Waals surface area contributed by atoms with Crippen molar-refractivity contribution in [3.63, 3.8) is 0 Å². The van der Waals surface area contributed by atoms with Crippen LogP contribution in [0.2, 0.25) is 0 Å². The van der Waals surface area contributed by atoms with Crippen LogP contribution in [0.5, 0.6) is 0 Å². The fourth-order valence-corrected chi connectivity index (χ4v) is 2.91. The first-order valence-corrected chi connectivity index (χ1v) is 9.41. The Kier molecular flexibility index (Phi) is 5.66. The molecule has 2 amide bonds. The predicted molar refractivity (Wildman–Crippen MR) is 114 cm³/mol. The Labute approximate surface area is 172 Å². The summed E-state index contributed by atoms with van der Waals surface area (Å²) in [5, 5.41) is 9.52. The van der Waals surface area contributed by atoms with E-state index < -0.39 is 0 Å². The highest BCUT2D eigenvalue weighted by Gasteiger charge is 2.07. The smallest absolute Gasteiger partial charge is 0.244 e. The monoisotopic (exact) mass is 400 g/mol. The summed E-state index contributed by atoms with van der Waals surface area (Å²) in [4.78, 5) is 28.5. The third-order valence-electron chi connectivity index (χ3n) is 4.30. The van der Waals surface area contributed by atoms with Crippen LogP contribution in [0.4, 0.5) is 5.69 Å². The Hall–Kier alpha value is -4.20. The highest BCUT2D eigenvalue weighted by molar-refractivity contribution is 5.97.